The minimum absolute atomic E-state index is 0.332. The molecule has 0 saturated carbocycles. The molecule has 410 valence electrons. The van der Waals surface area contributed by atoms with Gasteiger partial charge in [-0.1, -0.05) is 211 Å². The van der Waals surface area contributed by atoms with Gasteiger partial charge in [-0.15, -0.1) is 0 Å². The molecule has 0 atom stereocenters. The molecule has 0 aliphatic carbocycles. The lowest BCUT2D eigenvalue weighted by atomic mass is 9.93. The van der Waals surface area contributed by atoms with Gasteiger partial charge in [0.15, 0.2) is 0 Å². The first-order chi connectivity index (χ1) is 33.6. The molecule has 10 nitrogen and oxygen atoms in total. The Balaban J connectivity index is -0.000000421. The smallest absolute Gasteiger partial charge is 0.303 e. The minimum atomic E-state index is -1.11. The highest BCUT2D eigenvalue weighted by atomic mass is 16.4. The summed E-state index contributed by atoms with van der Waals surface area (Å²) in [7, 11) is 0. The van der Waals surface area contributed by atoms with Crippen LogP contribution in [0.1, 0.15) is 290 Å². The topological polar surface area (TPSA) is 193 Å². The summed E-state index contributed by atoms with van der Waals surface area (Å²) in [6.07, 6.45) is 63.7. The fourth-order valence-corrected chi connectivity index (χ4v) is 7.34. The largest absolute Gasteiger partial charge is 0.481 e. The third kappa shape index (κ3) is 72.1. The molecule has 0 aromatic heterocycles. The molecule has 0 bridgehead atoms. The second kappa shape index (κ2) is 65.5. The molecule has 7 N–H and O–H groups in total. The molecule has 0 radical (unpaired) electrons. The van der Waals surface area contributed by atoms with Gasteiger partial charge in [0.05, 0.1) is 31.8 Å². The second-order valence-electron chi connectivity index (χ2n) is 19.3. The Bertz CT molecular complexity index is 964. The molecular weight excluding hydrogens is 869 g/mol. The Hall–Kier alpha value is -2.53. The van der Waals surface area contributed by atoms with Crippen LogP contribution in [0, 0.1) is 5.41 Å². The number of aliphatic hydroxyl groups is 4. The van der Waals surface area contributed by atoms with Gasteiger partial charge in [0, 0.05) is 19.3 Å². The van der Waals surface area contributed by atoms with E-state index in [1.165, 1.54) is 212 Å². The summed E-state index contributed by atoms with van der Waals surface area (Å²) in [6, 6.07) is 0. The van der Waals surface area contributed by atoms with Crippen LogP contribution in [0.2, 0.25) is 0 Å². The summed E-state index contributed by atoms with van der Waals surface area (Å²) < 4.78 is 0. The molecule has 0 aliphatic rings. The average molecular weight is 984 g/mol. The summed E-state index contributed by atoms with van der Waals surface area (Å²) >= 11 is 0. The van der Waals surface area contributed by atoms with Gasteiger partial charge >= 0.3 is 17.9 Å². The van der Waals surface area contributed by atoms with E-state index in [1.807, 2.05) is 0 Å². The number of hydrogen-bond donors (Lipinski definition) is 7. The van der Waals surface area contributed by atoms with Crippen LogP contribution in [0.4, 0.5) is 0 Å². The highest BCUT2D eigenvalue weighted by Gasteiger charge is 2.26. The van der Waals surface area contributed by atoms with E-state index in [0.717, 1.165) is 38.5 Å². The molecule has 0 spiro atoms. The Morgan fingerprint density at radius 3 is 0.580 bits per heavy atom. The Morgan fingerprint density at radius 1 is 0.275 bits per heavy atom. The van der Waals surface area contributed by atoms with Crippen molar-refractivity contribution in [3.63, 3.8) is 0 Å². The summed E-state index contributed by atoms with van der Waals surface area (Å²) in [5.74, 6) is -1.99. The predicted octanol–water partition coefficient (Wildman–Crippen LogP) is 16.3. The fourth-order valence-electron chi connectivity index (χ4n) is 7.34. The highest BCUT2D eigenvalue weighted by molar-refractivity contribution is 5.67. The van der Waals surface area contributed by atoms with Crippen LogP contribution in [0.15, 0.2) is 36.5 Å². The lowest BCUT2D eigenvalue weighted by Crippen LogP contribution is -2.37. The number of rotatable bonds is 49. The normalized spacial score (nSPS) is 11.3. The van der Waals surface area contributed by atoms with E-state index in [2.05, 4.69) is 57.2 Å². The molecule has 10 heteroatoms. The van der Waals surface area contributed by atoms with Crippen molar-refractivity contribution < 1.29 is 50.1 Å². The molecule has 0 aromatic rings. The first-order valence-corrected chi connectivity index (χ1v) is 28.6. The zero-order valence-corrected chi connectivity index (χ0v) is 45.3. The number of unbranched alkanes of at least 4 members (excludes halogenated alkanes) is 33. The van der Waals surface area contributed by atoms with E-state index in [-0.39, 0.29) is 0 Å². The van der Waals surface area contributed by atoms with Crippen LogP contribution in [-0.2, 0) is 14.4 Å². The van der Waals surface area contributed by atoms with Crippen LogP contribution < -0.4 is 0 Å². The maximum absolute atomic E-state index is 10.3. The molecule has 0 fully saturated rings. The second-order valence-corrected chi connectivity index (χ2v) is 19.3. The molecule has 0 amide bonds. The molecular formula is C59H114O10. The van der Waals surface area contributed by atoms with Crippen molar-refractivity contribution in [3.05, 3.63) is 36.5 Å². The number of carbonyl (C=O) groups is 3. The number of hydrogen-bond acceptors (Lipinski definition) is 7. The van der Waals surface area contributed by atoms with E-state index in [4.69, 9.17) is 35.7 Å². The summed E-state index contributed by atoms with van der Waals surface area (Å²) in [5.41, 5.74) is -1.11. The van der Waals surface area contributed by atoms with Crippen LogP contribution >= 0.6 is 0 Å². The van der Waals surface area contributed by atoms with E-state index < -0.39 is 49.8 Å². The molecule has 0 aromatic carbocycles. The Labute approximate surface area is 425 Å². The van der Waals surface area contributed by atoms with E-state index in [0.29, 0.717) is 19.3 Å². The highest BCUT2D eigenvalue weighted by Crippen LogP contribution is 2.14. The van der Waals surface area contributed by atoms with Gasteiger partial charge in [-0.2, -0.15) is 0 Å². The third-order valence-electron chi connectivity index (χ3n) is 12.3. The summed E-state index contributed by atoms with van der Waals surface area (Å²) in [6.45, 7) is 5.15. The van der Waals surface area contributed by atoms with Crippen LogP contribution in [0.25, 0.3) is 0 Å². The predicted molar refractivity (Wildman–Crippen MR) is 292 cm³/mol. The first kappa shape index (κ1) is 73.0. The van der Waals surface area contributed by atoms with Crippen molar-refractivity contribution in [3.8, 4) is 0 Å². The van der Waals surface area contributed by atoms with Gasteiger partial charge in [0.25, 0.3) is 0 Å². The number of carboxylic acids is 3. The SMILES string of the molecule is CCCCCCCC/C=C\CCCCCCCC(=O)O.CCCCCCCC/C=C\CCCCCCCC(=O)O.CCCCCCCC/C=C\CCCCCCCC(=O)O.OCC(CO)(CO)CO. The van der Waals surface area contributed by atoms with E-state index in [9.17, 15) is 14.4 Å². The van der Waals surface area contributed by atoms with Gasteiger partial charge < -0.3 is 35.7 Å². The Morgan fingerprint density at radius 2 is 0.435 bits per heavy atom. The molecule has 0 saturated heterocycles. The van der Waals surface area contributed by atoms with Gasteiger partial charge in [-0.05, 0) is 96.3 Å². The van der Waals surface area contributed by atoms with E-state index in [1.54, 1.807) is 0 Å². The van der Waals surface area contributed by atoms with Gasteiger partial charge in [-0.3, -0.25) is 14.4 Å². The van der Waals surface area contributed by atoms with Crippen molar-refractivity contribution in [1.82, 2.24) is 0 Å². The minimum Gasteiger partial charge on any atom is -0.481 e. The molecule has 0 aliphatic heterocycles. The van der Waals surface area contributed by atoms with Crippen molar-refractivity contribution in [2.75, 3.05) is 26.4 Å². The number of allylic oxidation sites excluding steroid dienone is 6. The number of carboxylic acid groups (broad SMARTS) is 3. The first-order valence-electron chi connectivity index (χ1n) is 28.6. The van der Waals surface area contributed by atoms with Gasteiger partial charge in [0.2, 0.25) is 0 Å². The number of aliphatic hydroxyl groups excluding tert-OH is 4. The maximum Gasteiger partial charge on any atom is 0.303 e. The summed E-state index contributed by atoms with van der Waals surface area (Å²) in [5, 5.41) is 59.5. The average Bonchev–Trinajstić information content (AvgIpc) is 3.34. The Kier molecular flexibility index (Phi) is 69.3. The third-order valence-corrected chi connectivity index (χ3v) is 12.3. The quantitative estimate of drug-likeness (QED) is 0.0228. The molecule has 69 heavy (non-hydrogen) atoms. The number of aliphatic carboxylic acids is 3. The van der Waals surface area contributed by atoms with E-state index >= 15 is 0 Å². The van der Waals surface area contributed by atoms with Crippen LogP contribution in [-0.4, -0.2) is 80.1 Å². The van der Waals surface area contributed by atoms with Crippen LogP contribution in [0.5, 0.6) is 0 Å². The van der Waals surface area contributed by atoms with Gasteiger partial charge in [0.1, 0.15) is 0 Å². The fraction of sp³-hybridized carbons (Fsp3) is 0.847. The lowest BCUT2D eigenvalue weighted by molar-refractivity contribution is -0.138. The van der Waals surface area contributed by atoms with Crippen molar-refractivity contribution in [1.29, 1.82) is 0 Å². The van der Waals surface area contributed by atoms with Crippen molar-refractivity contribution in [2.24, 2.45) is 5.41 Å². The van der Waals surface area contributed by atoms with Crippen LogP contribution in [0.3, 0.4) is 0 Å². The maximum atomic E-state index is 10.3. The van der Waals surface area contributed by atoms with Crippen molar-refractivity contribution in [2.45, 2.75) is 290 Å². The zero-order valence-electron chi connectivity index (χ0n) is 45.3. The summed E-state index contributed by atoms with van der Waals surface area (Å²) in [4.78, 5) is 31.0. The van der Waals surface area contributed by atoms with Crippen molar-refractivity contribution >= 4 is 17.9 Å². The molecule has 0 heterocycles. The monoisotopic (exact) mass is 983 g/mol. The standard InChI is InChI=1S/3C18H34O2.C5H12O4/c3*1-2-3-4-5-6-7-8-9-10-11-12-13-14-15-16-17-18(19)20;6-1-5(2-7,3-8)4-9/h3*9-10H,2-8,11-17H2,1H3,(H,19,20);6-9H,1-4H2/b3*10-9-;. The molecule has 0 rings (SSSR count). The zero-order chi connectivity index (χ0) is 52.0. The molecule has 0 unspecified atom stereocenters. The van der Waals surface area contributed by atoms with Gasteiger partial charge in [-0.25, -0.2) is 0 Å². The lowest BCUT2D eigenvalue weighted by Gasteiger charge is -2.23.